The van der Waals surface area contributed by atoms with E-state index in [-0.39, 0.29) is 17.3 Å². The number of thiophene rings is 1. The molecule has 0 aliphatic carbocycles. The van der Waals surface area contributed by atoms with Crippen molar-refractivity contribution in [3.63, 3.8) is 0 Å². The predicted octanol–water partition coefficient (Wildman–Crippen LogP) is 5.45. The first-order chi connectivity index (χ1) is 18.9. The minimum atomic E-state index is -3.70. The number of aliphatic hydroxyl groups is 1. The predicted molar refractivity (Wildman–Crippen MR) is 150 cm³/mol. The Bertz CT molecular complexity index is 1540. The SMILES string of the molecule is CCC(OCO)N1Cc2sc(-c3ccc(NC(=O)c4ccc(OCc5ccccc5)cc4)cc3)cc2S1(=O)=O. The van der Waals surface area contributed by atoms with Gasteiger partial charge in [-0.05, 0) is 60.0 Å². The summed E-state index contributed by atoms with van der Waals surface area (Å²) >= 11 is 1.41. The van der Waals surface area contributed by atoms with Gasteiger partial charge in [-0.2, -0.15) is 4.31 Å². The van der Waals surface area contributed by atoms with Crippen LogP contribution in [0.3, 0.4) is 0 Å². The van der Waals surface area contributed by atoms with E-state index in [0.29, 0.717) is 30.0 Å². The van der Waals surface area contributed by atoms with Gasteiger partial charge in [0.15, 0.2) is 0 Å². The molecule has 4 aromatic rings. The first kappa shape index (κ1) is 27.0. The Hall–Kier alpha value is -3.54. The highest BCUT2D eigenvalue weighted by Gasteiger charge is 2.41. The van der Waals surface area contributed by atoms with Crippen molar-refractivity contribution in [3.8, 4) is 16.2 Å². The lowest BCUT2D eigenvalue weighted by atomic mass is 10.1. The fourth-order valence-corrected chi connectivity index (χ4v) is 7.69. The summed E-state index contributed by atoms with van der Waals surface area (Å²) in [5.41, 5.74) is 3.05. The molecule has 2 heterocycles. The van der Waals surface area contributed by atoms with Crippen molar-refractivity contribution in [2.45, 2.75) is 37.6 Å². The first-order valence-electron chi connectivity index (χ1n) is 12.4. The highest BCUT2D eigenvalue weighted by atomic mass is 32.2. The smallest absolute Gasteiger partial charge is 0.255 e. The molecule has 5 rings (SSSR count). The summed E-state index contributed by atoms with van der Waals surface area (Å²) in [6.45, 7) is 1.93. The maximum atomic E-state index is 13.1. The van der Waals surface area contributed by atoms with Gasteiger partial charge in [0.05, 0.1) is 11.4 Å². The molecule has 3 aromatic carbocycles. The topological polar surface area (TPSA) is 105 Å². The van der Waals surface area contributed by atoms with Gasteiger partial charge in [-0.3, -0.25) is 4.79 Å². The lowest BCUT2D eigenvalue weighted by Gasteiger charge is -2.24. The number of rotatable bonds is 10. The second kappa shape index (κ2) is 11.7. The van der Waals surface area contributed by atoms with Crippen molar-refractivity contribution in [1.29, 1.82) is 0 Å². The van der Waals surface area contributed by atoms with Crippen LogP contribution in [0.4, 0.5) is 5.69 Å². The largest absolute Gasteiger partial charge is 0.489 e. The second-order valence-electron chi connectivity index (χ2n) is 8.94. The molecular weight excluding hydrogens is 536 g/mol. The molecule has 8 nitrogen and oxygen atoms in total. The Balaban J connectivity index is 1.21. The highest BCUT2D eigenvalue weighted by Crippen LogP contribution is 2.42. The van der Waals surface area contributed by atoms with Gasteiger partial charge in [-0.15, -0.1) is 11.3 Å². The number of anilines is 1. The van der Waals surface area contributed by atoms with Crippen LogP contribution in [0.2, 0.25) is 0 Å². The number of aliphatic hydroxyl groups excluding tert-OH is 1. The molecule has 1 aliphatic heterocycles. The summed E-state index contributed by atoms with van der Waals surface area (Å²) in [4.78, 5) is 14.6. The van der Waals surface area contributed by atoms with E-state index >= 15 is 0 Å². The molecule has 1 aromatic heterocycles. The Morgan fingerprint density at radius 1 is 1.05 bits per heavy atom. The highest BCUT2D eigenvalue weighted by molar-refractivity contribution is 7.89. The van der Waals surface area contributed by atoms with Crippen molar-refractivity contribution in [1.82, 2.24) is 4.31 Å². The summed E-state index contributed by atoms with van der Waals surface area (Å²) in [6.07, 6.45) is -0.273. The van der Waals surface area contributed by atoms with E-state index in [1.165, 1.54) is 15.6 Å². The monoisotopic (exact) mass is 564 g/mol. The van der Waals surface area contributed by atoms with Gasteiger partial charge in [0.1, 0.15) is 25.4 Å². The van der Waals surface area contributed by atoms with E-state index in [9.17, 15) is 13.2 Å². The van der Waals surface area contributed by atoms with E-state index in [1.807, 2.05) is 49.4 Å². The number of hydrogen-bond donors (Lipinski definition) is 2. The summed E-state index contributed by atoms with van der Waals surface area (Å²) in [6, 6.07) is 25.8. The number of nitrogens with one attached hydrogen (secondary N) is 1. The van der Waals surface area contributed by atoms with Gasteiger partial charge in [-0.25, -0.2) is 8.42 Å². The van der Waals surface area contributed by atoms with Crippen molar-refractivity contribution < 1.29 is 27.8 Å². The van der Waals surface area contributed by atoms with Gasteiger partial charge in [0.25, 0.3) is 5.91 Å². The van der Waals surface area contributed by atoms with E-state index in [0.717, 1.165) is 20.9 Å². The molecule has 10 heteroatoms. The maximum absolute atomic E-state index is 13.1. The van der Waals surface area contributed by atoms with Crippen molar-refractivity contribution >= 4 is 33.0 Å². The Kier molecular flexibility index (Phi) is 8.10. The minimum absolute atomic E-state index is 0.213. The number of hydrogen-bond acceptors (Lipinski definition) is 7. The number of carbonyl (C=O) groups excluding carboxylic acids is 1. The van der Waals surface area contributed by atoms with Gasteiger partial charge in [0, 0.05) is 21.0 Å². The van der Waals surface area contributed by atoms with Gasteiger partial charge in [0.2, 0.25) is 10.0 Å². The Labute approximate surface area is 231 Å². The molecular formula is C29H28N2O6S2. The summed E-state index contributed by atoms with van der Waals surface area (Å²) in [5.74, 6) is 0.438. The van der Waals surface area contributed by atoms with E-state index < -0.39 is 23.0 Å². The zero-order valence-corrected chi connectivity index (χ0v) is 22.9. The zero-order valence-electron chi connectivity index (χ0n) is 21.2. The van der Waals surface area contributed by atoms with Crippen LogP contribution >= 0.6 is 11.3 Å². The summed E-state index contributed by atoms with van der Waals surface area (Å²) in [5, 5.41) is 12.0. The van der Waals surface area contributed by atoms with Gasteiger partial charge in [-0.1, -0.05) is 49.4 Å². The molecule has 0 spiro atoms. The number of nitrogens with zero attached hydrogens (tertiary/aromatic N) is 1. The van der Waals surface area contributed by atoms with Gasteiger partial charge < -0.3 is 19.9 Å². The normalized spacial score (nSPS) is 15.0. The van der Waals surface area contributed by atoms with Crippen molar-refractivity contribution in [2.75, 3.05) is 12.1 Å². The third kappa shape index (κ3) is 5.90. The van der Waals surface area contributed by atoms with Crippen molar-refractivity contribution in [2.24, 2.45) is 0 Å². The average Bonchev–Trinajstić information content (AvgIpc) is 3.49. The number of amides is 1. The van der Waals surface area contributed by atoms with Crippen LogP contribution < -0.4 is 10.1 Å². The molecule has 0 saturated heterocycles. The van der Waals surface area contributed by atoms with Crippen LogP contribution in [0.1, 0.15) is 34.1 Å². The minimum Gasteiger partial charge on any atom is -0.489 e. The molecule has 1 atom stereocenters. The Morgan fingerprint density at radius 2 is 1.77 bits per heavy atom. The van der Waals surface area contributed by atoms with Crippen molar-refractivity contribution in [3.05, 3.63) is 101 Å². The fourth-order valence-electron chi connectivity index (χ4n) is 4.35. The van der Waals surface area contributed by atoms with E-state index in [1.54, 1.807) is 42.5 Å². The third-order valence-electron chi connectivity index (χ3n) is 6.39. The lowest BCUT2D eigenvalue weighted by Crippen LogP contribution is -2.37. The summed E-state index contributed by atoms with van der Waals surface area (Å²) < 4.78 is 38.4. The fraction of sp³-hybridized carbons (Fsp3) is 0.207. The second-order valence-corrected chi connectivity index (χ2v) is 11.9. The first-order valence-corrected chi connectivity index (χ1v) is 14.7. The maximum Gasteiger partial charge on any atom is 0.255 e. The summed E-state index contributed by atoms with van der Waals surface area (Å²) in [7, 11) is -3.70. The lowest BCUT2D eigenvalue weighted by molar-refractivity contribution is -0.0950. The third-order valence-corrected chi connectivity index (χ3v) is 9.59. The molecule has 202 valence electrons. The van der Waals surface area contributed by atoms with Crippen LogP contribution in [0.5, 0.6) is 5.75 Å². The van der Waals surface area contributed by atoms with Crippen LogP contribution in [0, 0.1) is 0 Å². The molecule has 0 saturated carbocycles. The van der Waals surface area contributed by atoms with Crippen LogP contribution in [-0.2, 0) is 27.9 Å². The van der Waals surface area contributed by atoms with Crippen LogP contribution in [0.25, 0.3) is 10.4 Å². The molecule has 1 unspecified atom stereocenters. The number of ether oxygens (including phenoxy) is 2. The zero-order chi connectivity index (χ0) is 27.4. The number of sulfonamides is 1. The number of benzene rings is 3. The van der Waals surface area contributed by atoms with Crippen LogP contribution in [-0.4, -0.2) is 36.8 Å². The van der Waals surface area contributed by atoms with Gasteiger partial charge >= 0.3 is 0 Å². The molecule has 1 amide bonds. The van der Waals surface area contributed by atoms with E-state index in [4.69, 9.17) is 14.6 Å². The standard InChI is InChI=1S/C29H28N2O6S2/c1-2-28(37-19-32)31-17-26-27(39(31,34)35)16-25(38-26)21-8-12-23(13-9-21)30-29(33)22-10-14-24(15-11-22)36-18-20-6-4-3-5-7-20/h3-16,28,32H,2,17-19H2,1H3,(H,30,33). The number of carbonyl (C=O) groups is 1. The molecule has 2 N–H and O–H groups in total. The molecule has 39 heavy (non-hydrogen) atoms. The quantitative estimate of drug-likeness (QED) is 0.248. The number of fused-ring (bicyclic) bond motifs is 1. The molecule has 0 radical (unpaired) electrons. The van der Waals surface area contributed by atoms with Crippen LogP contribution in [0.15, 0.2) is 89.8 Å². The molecule has 0 fully saturated rings. The molecule has 1 aliphatic rings. The average molecular weight is 565 g/mol. The molecule has 0 bridgehead atoms. The van der Waals surface area contributed by atoms with E-state index in [2.05, 4.69) is 5.32 Å². The Morgan fingerprint density at radius 3 is 2.41 bits per heavy atom.